The van der Waals surface area contributed by atoms with Crippen LogP contribution in [0.2, 0.25) is 5.02 Å². The van der Waals surface area contributed by atoms with Crippen LogP contribution in [-0.4, -0.2) is 44.7 Å². The minimum absolute atomic E-state index is 0.612. The van der Waals surface area contributed by atoms with Crippen LogP contribution in [0.1, 0.15) is 19.4 Å². The van der Waals surface area contributed by atoms with Crippen molar-refractivity contribution in [2.45, 2.75) is 26.4 Å². The highest BCUT2D eigenvalue weighted by Gasteiger charge is 2.31. The van der Waals surface area contributed by atoms with Gasteiger partial charge in [0.1, 0.15) is 0 Å². The third-order valence-electron chi connectivity index (χ3n) is 4.19. The van der Waals surface area contributed by atoms with E-state index in [4.69, 9.17) is 11.6 Å². The van der Waals surface area contributed by atoms with Gasteiger partial charge in [0.05, 0.1) is 0 Å². The lowest BCUT2D eigenvalue weighted by Crippen LogP contribution is -2.34. The average molecular weight is 296 g/mol. The van der Waals surface area contributed by atoms with Crippen molar-refractivity contribution in [2.24, 2.45) is 5.92 Å². The maximum atomic E-state index is 6.21. The number of nitrogens with one attached hydrogen (secondary N) is 1. The number of hydrogen-bond donors (Lipinski definition) is 1. The molecule has 3 nitrogen and oxygen atoms in total. The first-order valence-corrected chi connectivity index (χ1v) is 7.81. The first-order chi connectivity index (χ1) is 9.52. The van der Waals surface area contributed by atoms with Crippen LogP contribution in [0.15, 0.2) is 18.2 Å². The Morgan fingerprint density at radius 3 is 2.70 bits per heavy atom. The molecule has 2 atom stereocenters. The standard InChI is InChI=1S/C16H26ClN3/c1-5-18-9-13-6-7-14(17)8-15(13)20-10-12(2)16(11-20)19(3)4/h6-8,12,16,18H,5,9-11H2,1-4H3. The molecule has 1 aromatic carbocycles. The van der Waals surface area contributed by atoms with Crippen molar-refractivity contribution in [3.63, 3.8) is 0 Å². The predicted octanol–water partition coefficient (Wildman–Crippen LogP) is 2.84. The fourth-order valence-corrected chi connectivity index (χ4v) is 3.23. The molecule has 1 fully saturated rings. The predicted molar refractivity (Wildman–Crippen MR) is 87.7 cm³/mol. The van der Waals surface area contributed by atoms with E-state index in [-0.39, 0.29) is 0 Å². The summed E-state index contributed by atoms with van der Waals surface area (Å²) in [5, 5.41) is 4.23. The Morgan fingerprint density at radius 2 is 2.10 bits per heavy atom. The molecule has 1 aliphatic heterocycles. The molecule has 0 bridgehead atoms. The number of halogens is 1. The SMILES string of the molecule is CCNCc1ccc(Cl)cc1N1CC(C)C(N(C)C)C1. The smallest absolute Gasteiger partial charge is 0.0427 e. The Balaban J connectivity index is 2.21. The van der Waals surface area contributed by atoms with Crippen LogP contribution in [0, 0.1) is 5.92 Å². The van der Waals surface area contributed by atoms with E-state index in [9.17, 15) is 0 Å². The van der Waals surface area contributed by atoms with E-state index in [0.29, 0.717) is 12.0 Å². The zero-order valence-electron chi connectivity index (χ0n) is 13.0. The van der Waals surface area contributed by atoms with Gasteiger partial charge in [0.25, 0.3) is 0 Å². The van der Waals surface area contributed by atoms with E-state index in [1.807, 2.05) is 6.07 Å². The third kappa shape index (κ3) is 3.46. The first-order valence-electron chi connectivity index (χ1n) is 7.43. The van der Waals surface area contributed by atoms with Gasteiger partial charge in [-0.1, -0.05) is 31.5 Å². The Hall–Kier alpha value is -0.770. The highest BCUT2D eigenvalue weighted by Crippen LogP contribution is 2.31. The molecule has 2 rings (SSSR count). The van der Waals surface area contributed by atoms with Crippen molar-refractivity contribution in [3.05, 3.63) is 28.8 Å². The third-order valence-corrected chi connectivity index (χ3v) is 4.42. The molecule has 1 aromatic rings. The molecule has 112 valence electrons. The Kier molecular flexibility index (Phi) is 5.30. The molecular weight excluding hydrogens is 270 g/mol. The van der Waals surface area contributed by atoms with Crippen LogP contribution in [0.3, 0.4) is 0 Å². The van der Waals surface area contributed by atoms with E-state index < -0.39 is 0 Å². The minimum Gasteiger partial charge on any atom is -0.369 e. The molecule has 2 unspecified atom stereocenters. The second-order valence-electron chi connectivity index (χ2n) is 5.97. The average Bonchev–Trinajstić information content (AvgIpc) is 2.79. The van der Waals surface area contributed by atoms with Crippen LogP contribution in [0.4, 0.5) is 5.69 Å². The van der Waals surface area contributed by atoms with Crippen LogP contribution in [-0.2, 0) is 6.54 Å². The summed E-state index contributed by atoms with van der Waals surface area (Å²) >= 11 is 6.21. The maximum Gasteiger partial charge on any atom is 0.0427 e. The van der Waals surface area contributed by atoms with E-state index in [2.05, 4.69) is 55.2 Å². The monoisotopic (exact) mass is 295 g/mol. The Bertz CT molecular complexity index is 447. The number of benzene rings is 1. The minimum atomic E-state index is 0.612. The lowest BCUT2D eigenvalue weighted by molar-refractivity contribution is 0.266. The van der Waals surface area contributed by atoms with Gasteiger partial charge in [-0.25, -0.2) is 0 Å². The highest BCUT2D eigenvalue weighted by molar-refractivity contribution is 6.30. The molecule has 0 radical (unpaired) electrons. The van der Waals surface area contributed by atoms with E-state index in [1.165, 1.54) is 11.3 Å². The summed E-state index contributed by atoms with van der Waals surface area (Å²) in [6.07, 6.45) is 0. The van der Waals surface area contributed by atoms with Gasteiger partial charge in [-0.3, -0.25) is 0 Å². The van der Waals surface area contributed by atoms with Gasteiger partial charge >= 0.3 is 0 Å². The molecule has 1 saturated heterocycles. The molecule has 0 aliphatic carbocycles. The number of likely N-dealkylation sites (N-methyl/N-ethyl adjacent to an activating group) is 1. The lowest BCUT2D eigenvalue weighted by Gasteiger charge is -2.24. The van der Waals surface area contributed by atoms with Gasteiger partial charge in [-0.2, -0.15) is 0 Å². The van der Waals surface area contributed by atoms with Crippen molar-refractivity contribution in [1.29, 1.82) is 0 Å². The van der Waals surface area contributed by atoms with Gasteiger partial charge in [0.2, 0.25) is 0 Å². The Morgan fingerprint density at radius 1 is 1.35 bits per heavy atom. The number of hydrogen-bond acceptors (Lipinski definition) is 3. The zero-order valence-corrected chi connectivity index (χ0v) is 13.7. The number of rotatable bonds is 5. The van der Waals surface area contributed by atoms with Crippen LogP contribution in [0.5, 0.6) is 0 Å². The summed E-state index contributed by atoms with van der Waals surface area (Å²) in [7, 11) is 4.34. The van der Waals surface area contributed by atoms with E-state index in [0.717, 1.165) is 31.2 Å². The molecule has 0 saturated carbocycles. The summed E-state index contributed by atoms with van der Waals surface area (Å²) in [6, 6.07) is 6.86. The fraction of sp³-hybridized carbons (Fsp3) is 0.625. The van der Waals surface area contributed by atoms with Crippen LogP contribution in [0.25, 0.3) is 0 Å². The largest absolute Gasteiger partial charge is 0.369 e. The molecule has 0 amide bonds. The second-order valence-corrected chi connectivity index (χ2v) is 6.40. The van der Waals surface area contributed by atoms with Gasteiger partial charge in [-0.05, 0) is 44.3 Å². The van der Waals surface area contributed by atoms with E-state index >= 15 is 0 Å². The topological polar surface area (TPSA) is 18.5 Å². The van der Waals surface area contributed by atoms with E-state index in [1.54, 1.807) is 0 Å². The molecule has 1 aliphatic rings. The van der Waals surface area contributed by atoms with Crippen LogP contribution >= 0.6 is 11.6 Å². The molecule has 1 N–H and O–H groups in total. The first kappa shape index (κ1) is 15.6. The molecule has 0 spiro atoms. The van der Waals surface area contributed by atoms with Gasteiger partial charge in [0.15, 0.2) is 0 Å². The summed E-state index contributed by atoms with van der Waals surface area (Å²) < 4.78 is 0. The normalized spacial score (nSPS) is 22.8. The summed E-state index contributed by atoms with van der Waals surface area (Å²) in [6.45, 7) is 8.53. The van der Waals surface area contributed by atoms with Crippen molar-refractivity contribution >= 4 is 17.3 Å². The number of anilines is 1. The summed E-state index contributed by atoms with van der Waals surface area (Å²) in [4.78, 5) is 4.81. The van der Waals surface area contributed by atoms with Gasteiger partial charge in [0, 0.05) is 36.4 Å². The zero-order chi connectivity index (χ0) is 14.7. The molecular formula is C16H26ClN3. The highest BCUT2D eigenvalue weighted by atomic mass is 35.5. The molecule has 4 heteroatoms. The summed E-state index contributed by atoms with van der Waals surface area (Å²) in [5.74, 6) is 0.677. The van der Waals surface area contributed by atoms with Crippen LogP contribution < -0.4 is 10.2 Å². The maximum absolute atomic E-state index is 6.21. The fourth-order valence-electron chi connectivity index (χ4n) is 3.06. The van der Waals surface area contributed by atoms with Crippen molar-refractivity contribution in [1.82, 2.24) is 10.2 Å². The summed E-state index contributed by atoms with van der Waals surface area (Å²) in [5.41, 5.74) is 2.62. The lowest BCUT2D eigenvalue weighted by atomic mass is 10.1. The Labute approximate surface area is 127 Å². The quantitative estimate of drug-likeness (QED) is 0.901. The van der Waals surface area contributed by atoms with Crippen molar-refractivity contribution in [3.8, 4) is 0 Å². The molecule has 1 heterocycles. The molecule has 0 aromatic heterocycles. The van der Waals surface area contributed by atoms with Crippen molar-refractivity contribution < 1.29 is 0 Å². The van der Waals surface area contributed by atoms with Crippen molar-refractivity contribution in [2.75, 3.05) is 38.6 Å². The van der Waals surface area contributed by atoms with Gasteiger partial charge in [-0.15, -0.1) is 0 Å². The van der Waals surface area contributed by atoms with Gasteiger partial charge < -0.3 is 15.1 Å². The number of nitrogens with zero attached hydrogens (tertiary/aromatic N) is 2. The molecule has 20 heavy (non-hydrogen) atoms. The second kappa shape index (κ2) is 6.79.